The Balaban J connectivity index is 1.62. The molecule has 1 amide bonds. The summed E-state index contributed by atoms with van der Waals surface area (Å²) in [6.45, 7) is 2.52. The zero-order chi connectivity index (χ0) is 28.6. The van der Waals surface area contributed by atoms with Crippen molar-refractivity contribution in [3.63, 3.8) is 0 Å². The standard InChI is InChI=1S/C34H29FN2O4/c1-2-28-32(34(36)38)37-41-33(28)29-19-26(17-16-23-14-9-15-27(35)18-23)30(39-21-24-10-5-3-6-11-24)20-31(29)40-22-25-12-7-4-8-13-25/h3-20H,2,21-22H2,1H3,(H2,36,38). The first-order valence-electron chi connectivity index (χ1n) is 13.3. The molecule has 0 atom stereocenters. The van der Waals surface area contributed by atoms with Crippen molar-refractivity contribution in [2.45, 2.75) is 26.6 Å². The second-order valence-electron chi connectivity index (χ2n) is 9.38. The van der Waals surface area contributed by atoms with Crippen molar-refractivity contribution in [1.82, 2.24) is 5.16 Å². The molecule has 0 aliphatic heterocycles. The van der Waals surface area contributed by atoms with Gasteiger partial charge in [0.25, 0.3) is 5.91 Å². The van der Waals surface area contributed by atoms with E-state index in [2.05, 4.69) is 5.16 Å². The highest BCUT2D eigenvalue weighted by Gasteiger charge is 2.24. The van der Waals surface area contributed by atoms with Gasteiger partial charge in [-0.15, -0.1) is 0 Å². The number of hydrogen-bond acceptors (Lipinski definition) is 5. The van der Waals surface area contributed by atoms with Gasteiger partial charge in [-0.25, -0.2) is 4.39 Å². The van der Waals surface area contributed by atoms with Gasteiger partial charge in [-0.2, -0.15) is 0 Å². The third-order valence-electron chi connectivity index (χ3n) is 6.51. The summed E-state index contributed by atoms with van der Waals surface area (Å²) in [6, 6.07) is 29.6. The summed E-state index contributed by atoms with van der Waals surface area (Å²) in [4.78, 5) is 12.1. The first-order valence-corrected chi connectivity index (χ1v) is 13.3. The van der Waals surface area contributed by atoms with Crippen LogP contribution in [0.1, 0.15) is 45.2 Å². The number of halogens is 1. The molecule has 0 fully saturated rings. The molecule has 0 unspecified atom stereocenters. The molecule has 6 nitrogen and oxygen atoms in total. The number of rotatable bonds is 11. The lowest BCUT2D eigenvalue weighted by molar-refractivity contribution is 0.0991. The number of ether oxygens (including phenoxy) is 2. The Kier molecular flexibility index (Phi) is 8.55. The Morgan fingerprint density at radius 2 is 1.51 bits per heavy atom. The number of primary amides is 1. The van der Waals surface area contributed by atoms with Gasteiger partial charge < -0.3 is 19.7 Å². The van der Waals surface area contributed by atoms with E-state index in [4.69, 9.17) is 19.7 Å². The second kappa shape index (κ2) is 12.8. The van der Waals surface area contributed by atoms with Crippen LogP contribution in [0.25, 0.3) is 23.5 Å². The van der Waals surface area contributed by atoms with Gasteiger partial charge in [-0.05, 0) is 41.3 Å². The molecule has 5 rings (SSSR count). The fourth-order valence-electron chi connectivity index (χ4n) is 4.44. The fraction of sp³-hybridized carbons (Fsp3) is 0.118. The lowest BCUT2D eigenvalue weighted by atomic mass is 10.00. The molecule has 0 aliphatic rings. The molecule has 0 saturated heterocycles. The van der Waals surface area contributed by atoms with E-state index in [1.807, 2.05) is 85.8 Å². The predicted molar refractivity (Wildman–Crippen MR) is 157 cm³/mol. The highest BCUT2D eigenvalue weighted by molar-refractivity contribution is 5.94. The summed E-state index contributed by atoms with van der Waals surface area (Å²) in [5, 5.41) is 3.96. The van der Waals surface area contributed by atoms with Crippen molar-refractivity contribution in [2.75, 3.05) is 0 Å². The molecule has 41 heavy (non-hydrogen) atoms. The largest absolute Gasteiger partial charge is 0.488 e. The second-order valence-corrected chi connectivity index (χ2v) is 9.38. The number of carbonyl (C=O) groups excluding carboxylic acids is 1. The van der Waals surface area contributed by atoms with Crippen LogP contribution < -0.4 is 15.2 Å². The van der Waals surface area contributed by atoms with Crippen LogP contribution >= 0.6 is 0 Å². The van der Waals surface area contributed by atoms with E-state index in [-0.39, 0.29) is 11.5 Å². The molecule has 1 heterocycles. The van der Waals surface area contributed by atoms with Gasteiger partial charge in [0.15, 0.2) is 11.5 Å². The summed E-state index contributed by atoms with van der Waals surface area (Å²) in [7, 11) is 0. The lowest BCUT2D eigenvalue weighted by Gasteiger charge is -2.16. The van der Waals surface area contributed by atoms with Crippen LogP contribution in [-0.2, 0) is 19.6 Å². The third kappa shape index (κ3) is 6.70. The Hall–Kier alpha value is -5.17. The number of nitrogens with zero attached hydrogens (tertiary/aromatic N) is 1. The van der Waals surface area contributed by atoms with Crippen LogP contribution in [0.2, 0.25) is 0 Å². The fourth-order valence-corrected chi connectivity index (χ4v) is 4.44. The van der Waals surface area contributed by atoms with Gasteiger partial charge in [-0.3, -0.25) is 4.79 Å². The van der Waals surface area contributed by atoms with Gasteiger partial charge >= 0.3 is 0 Å². The molecule has 4 aromatic carbocycles. The van der Waals surface area contributed by atoms with E-state index in [9.17, 15) is 9.18 Å². The number of benzene rings is 4. The zero-order valence-corrected chi connectivity index (χ0v) is 22.5. The van der Waals surface area contributed by atoms with Crippen molar-refractivity contribution in [1.29, 1.82) is 0 Å². The Morgan fingerprint density at radius 1 is 0.854 bits per heavy atom. The molecule has 5 aromatic rings. The summed E-state index contributed by atoms with van der Waals surface area (Å²) in [6.07, 6.45) is 4.12. The molecular formula is C34H29FN2O4. The topological polar surface area (TPSA) is 87.6 Å². The van der Waals surface area contributed by atoms with Crippen molar-refractivity contribution in [3.8, 4) is 22.8 Å². The van der Waals surface area contributed by atoms with Gasteiger partial charge in [-0.1, -0.05) is 97.0 Å². The lowest BCUT2D eigenvalue weighted by Crippen LogP contribution is -2.13. The number of aromatic nitrogens is 1. The number of hydrogen-bond donors (Lipinski definition) is 1. The summed E-state index contributed by atoms with van der Waals surface area (Å²) in [5.74, 6) is 0.436. The number of nitrogens with two attached hydrogens (primary N) is 1. The smallest absolute Gasteiger partial charge is 0.271 e. The van der Waals surface area contributed by atoms with Crippen molar-refractivity contribution < 1.29 is 23.2 Å². The van der Waals surface area contributed by atoms with Crippen LogP contribution in [0.4, 0.5) is 4.39 Å². The highest BCUT2D eigenvalue weighted by Crippen LogP contribution is 2.40. The summed E-state index contributed by atoms with van der Waals surface area (Å²) < 4.78 is 32.2. The minimum atomic E-state index is -0.669. The van der Waals surface area contributed by atoms with Crippen molar-refractivity contribution in [2.24, 2.45) is 5.73 Å². The summed E-state index contributed by atoms with van der Waals surface area (Å²) in [5.41, 5.74) is 10.2. The van der Waals surface area contributed by atoms with E-state index >= 15 is 0 Å². The molecule has 0 radical (unpaired) electrons. The minimum absolute atomic E-state index is 0.0813. The average molecular weight is 549 g/mol. The normalized spacial score (nSPS) is 11.1. The monoisotopic (exact) mass is 548 g/mol. The van der Waals surface area contributed by atoms with Gasteiger partial charge in [0.05, 0.1) is 5.56 Å². The Morgan fingerprint density at radius 3 is 2.12 bits per heavy atom. The van der Waals surface area contributed by atoms with E-state index in [1.54, 1.807) is 18.2 Å². The maximum atomic E-state index is 13.9. The Bertz CT molecular complexity index is 1660. The third-order valence-corrected chi connectivity index (χ3v) is 6.51. The van der Waals surface area contributed by atoms with Crippen LogP contribution in [-0.4, -0.2) is 11.1 Å². The van der Waals surface area contributed by atoms with Gasteiger partial charge in [0, 0.05) is 17.2 Å². The quantitative estimate of drug-likeness (QED) is 0.173. The van der Waals surface area contributed by atoms with Crippen LogP contribution in [0.3, 0.4) is 0 Å². The van der Waals surface area contributed by atoms with E-state index in [0.717, 1.165) is 11.1 Å². The molecule has 1 aromatic heterocycles. The molecule has 206 valence electrons. The SMILES string of the molecule is CCc1c(C(N)=O)noc1-c1cc(C=Cc2cccc(F)c2)c(OCc2ccccc2)cc1OCc1ccccc1. The summed E-state index contributed by atoms with van der Waals surface area (Å²) >= 11 is 0. The van der Waals surface area contributed by atoms with Gasteiger partial charge in [0.1, 0.15) is 30.5 Å². The van der Waals surface area contributed by atoms with Crippen LogP contribution in [0, 0.1) is 5.82 Å². The maximum Gasteiger partial charge on any atom is 0.271 e. The molecular weight excluding hydrogens is 519 g/mol. The number of carbonyl (C=O) groups is 1. The Labute approximate surface area is 237 Å². The molecule has 2 N–H and O–H groups in total. The molecule has 7 heteroatoms. The van der Waals surface area contributed by atoms with E-state index in [0.29, 0.717) is 59.1 Å². The first kappa shape index (κ1) is 27.4. The van der Waals surface area contributed by atoms with E-state index < -0.39 is 5.91 Å². The molecule has 0 bridgehead atoms. The average Bonchev–Trinajstić information content (AvgIpc) is 3.44. The molecule has 0 spiro atoms. The predicted octanol–water partition coefficient (Wildman–Crippen LogP) is 7.47. The minimum Gasteiger partial charge on any atom is -0.488 e. The van der Waals surface area contributed by atoms with Crippen LogP contribution in [0.15, 0.2) is 102 Å². The maximum absolute atomic E-state index is 13.9. The van der Waals surface area contributed by atoms with Gasteiger partial charge in [0.2, 0.25) is 0 Å². The van der Waals surface area contributed by atoms with E-state index in [1.165, 1.54) is 12.1 Å². The highest BCUT2D eigenvalue weighted by atomic mass is 19.1. The zero-order valence-electron chi connectivity index (χ0n) is 22.5. The van der Waals surface area contributed by atoms with Crippen molar-refractivity contribution >= 4 is 18.1 Å². The number of amides is 1. The molecule has 0 aliphatic carbocycles. The first-order chi connectivity index (χ1) is 20.0. The van der Waals surface area contributed by atoms with Crippen molar-refractivity contribution in [3.05, 3.63) is 136 Å². The van der Waals surface area contributed by atoms with Crippen LogP contribution in [0.5, 0.6) is 11.5 Å². The molecule has 0 saturated carbocycles.